The van der Waals surface area contributed by atoms with Crippen molar-refractivity contribution in [2.75, 3.05) is 16.9 Å². The van der Waals surface area contributed by atoms with Crippen LogP contribution >= 0.6 is 11.6 Å². The molecule has 9 nitrogen and oxygen atoms in total. The molecule has 0 unspecified atom stereocenters. The number of aromatic nitrogens is 2. The number of rotatable bonds is 5. The predicted molar refractivity (Wildman–Crippen MR) is 113 cm³/mol. The Morgan fingerprint density at radius 3 is 2.67 bits per heavy atom. The fraction of sp³-hybridized carbons (Fsp3) is 0.150. The van der Waals surface area contributed by atoms with Gasteiger partial charge >= 0.3 is 5.69 Å². The van der Waals surface area contributed by atoms with Gasteiger partial charge in [0.15, 0.2) is 0 Å². The van der Waals surface area contributed by atoms with Crippen LogP contribution in [0.25, 0.3) is 0 Å². The van der Waals surface area contributed by atoms with Crippen LogP contribution in [0.1, 0.15) is 22.3 Å². The lowest BCUT2D eigenvalue weighted by Crippen LogP contribution is -2.31. The molecule has 2 heterocycles. The van der Waals surface area contributed by atoms with Gasteiger partial charge in [-0.2, -0.15) is 0 Å². The average Bonchev–Trinajstić information content (AvgIpc) is 2.77. The number of nitrogens with zero attached hydrogens (tertiary/aromatic N) is 4. The van der Waals surface area contributed by atoms with Gasteiger partial charge in [-0.3, -0.25) is 25.8 Å². The van der Waals surface area contributed by atoms with E-state index in [1.165, 1.54) is 6.33 Å². The van der Waals surface area contributed by atoms with Crippen LogP contribution in [0.4, 0.5) is 23.0 Å². The van der Waals surface area contributed by atoms with E-state index >= 15 is 0 Å². The summed E-state index contributed by atoms with van der Waals surface area (Å²) in [4.78, 5) is 33.6. The SMILES string of the molecule is O=C(NNc1ncnc(N2CCCc3ccccc32)c1[N+](=O)[O-])c1ccc(Cl)cc1. The molecule has 2 aromatic carbocycles. The molecule has 0 aliphatic carbocycles. The molecule has 10 heteroatoms. The molecule has 0 saturated heterocycles. The largest absolute Gasteiger partial charge is 0.355 e. The Bertz CT molecular complexity index is 1110. The molecule has 1 aliphatic rings. The monoisotopic (exact) mass is 424 g/mol. The van der Waals surface area contributed by atoms with E-state index < -0.39 is 10.8 Å². The normalized spacial score (nSPS) is 12.8. The van der Waals surface area contributed by atoms with E-state index in [1.807, 2.05) is 29.2 Å². The van der Waals surface area contributed by atoms with Gasteiger partial charge in [0, 0.05) is 22.8 Å². The third kappa shape index (κ3) is 3.87. The van der Waals surface area contributed by atoms with Crippen molar-refractivity contribution >= 4 is 40.5 Å². The van der Waals surface area contributed by atoms with Crippen LogP contribution in [0.15, 0.2) is 54.9 Å². The summed E-state index contributed by atoms with van der Waals surface area (Å²) >= 11 is 5.83. The summed E-state index contributed by atoms with van der Waals surface area (Å²) in [6.45, 7) is 0.589. The van der Waals surface area contributed by atoms with Crippen molar-refractivity contribution in [2.24, 2.45) is 0 Å². The second-order valence-corrected chi connectivity index (χ2v) is 7.06. The zero-order valence-electron chi connectivity index (χ0n) is 15.7. The molecule has 1 amide bonds. The van der Waals surface area contributed by atoms with Crippen LogP contribution in [0.3, 0.4) is 0 Å². The Hall–Kier alpha value is -3.72. The number of hydrogen-bond acceptors (Lipinski definition) is 7. The Kier molecular flexibility index (Phi) is 5.44. The molecular weight excluding hydrogens is 408 g/mol. The molecule has 0 bridgehead atoms. The number of halogens is 1. The maximum absolute atomic E-state index is 12.3. The molecular formula is C20H17ClN6O3. The number of anilines is 3. The molecule has 2 N–H and O–H groups in total. The van der Waals surface area contributed by atoms with Gasteiger partial charge in [-0.1, -0.05) is 29.8 Å². The van der Waals surface area contributed by atoms with Crippen LogP contribution in [0.2, 0.25) is 5.02 Å². The summed E-state index contributed by atoms with van der Waals surface area (Å²) in [5, 5.41) is 12.4. The van der Waals surface area contributed by atoms with Gasteiger partial charge < -0.3 is 4.90 Å². The van der Waals surface area contributed by atoms with Crippen molar-refractivity contribution in [1.29, 1.82) is 0 Å². The third-order valence-electron chi connectivity index (χ3n) is 4.75. The van der Waals surface area contributed by atoms with Gasteiger partial charge in [0.1, 0.15) is 6.33 Å². The molecule has 0 spiro atoms. The number of benzene rings is 2. The van der Waals surface area contributed by atoms with Crippen LogP contribution in [0, 0.1) is 10.1 Å². The first kappa shape index (κ1) is 19.6. The van der Waals surface area contributed by atoms with Crippen LogP contribution in [-0.2, 0) is 6.42 Å². The first-order valence-corrected chi connectivity index (χ1v) is 9.59. The number of carbonyl (C=O) groups excluding carboxylic acids is 1. The zero-order valence-corrected chi connectivity index (χ0v) is 16.5. The van der Waals surface area contributed by atoms with Crippen LogP contribution in [0.5, 0.6) is 0 Å². The first-order valence-electron chi connectivity index (χ1n) is 9.21. The molecule has 30 heavy (non-hydrogen) atoms. The third-order valence-corrected chi connectivity index (χ3v) is 5.00. The minimum Gasteiger partial charge on any atom is -0.320 e. The van der Waals surface area contributed by atoms with E-state index in [0.717, 1.165) is 24.1 Å². The van der Waals surface area contributed by atoms with Gasteiger partial charge in [0.25, 0.3) is 5.91 Å². The zero-order chi connectivity index (χ0) is 21.1. The van der Waals surface area contributed by atoms with Crippen LogP contribution < -0.4 is 15.8 Å². The second kappa shape index (κ2) is 8.34. The van der Waals surface area contributed by atoms with E-state index in [-0.39, 0.29) is 17.3 Å². The van der Waals surface area contributed by atoms with E-state index in [9.17, 15) is 14.9 Å². The summed E-state index contributed by atoms with van der Waals surface area (Å²) in [6.07, 6.45) is 2.97. The van der Waals surface area contributed by atoms with Crippen molar-refractivity contribution in [3.63, 3.8) is 0 Å². The van der Waals surface area contributed by atoms with Crippen molar-refractivity contribution in [1.82, 2.24) is 15.4 Å². The standard InChI is InChI=1S/C20H17ClN6O3/c21-15-9-7-14(8-10-15)20(28)25-24-18-17(27(29)30)19(23-12-22-18)26-11-3-5-13-4-1-2-6-16(13)26/h1-2,4,6-10,12H,3,5,11H2,(H,25,28)(H,22,23,24). The lowest BCUT2D eigenvalue weighted by atomic mass is 10.0. The fourth-order valence-corrected chi connectivity index (χ4v) is 3.50. The number of amides is 1. The highest BCUT2D eigenvalue weighted by Gasteiger charge is 2.30. The number of nitrogens with one attached hydrogen (secondary N) is 2. The Morgan fingerprint density at radius 1 is 1.13 bits per heavy atom. The number of aryl methyl sites for hydroxylation is 1. The molecule has 4 rings (SSSR count). The molecule has 1 aliphatic heterocycles. The highest BCUT2D eigenvalue weighted by Crippen LogP contribution is 2.39. The van der Waals surface area contributed by atoms with Crippen molar-refractivity contribution in [3.8, 4) is 0 Å². The van der Waals surface area contributed by atoms with Crippen molar-refractivity contribution < 1.29 is 9.72 Å². The smallest absolute Gasteiger partial charge is 0.320 e. The predicted octanol–water partition coefficient (Wildman–Crippen LogP) is 3.88. The van der Waals surface area contributed by atoms with Gasteiger partial charge in [-0.25, -0.2) is 9.97 Å². The minimum atomic E-state index is -0.552. The topological polar surface area (TPSA) is 113 Å². The molecule has 0 atom stereocenters. The Morgan fingerprint density at radius 2 is 1.90 bits per heavy atom. The summed E-state index contributed by atoms with van der Waals surface area (Å²) < 4.78 is 0. The maximum Gasteiger partial charge on any atom is 0.355 e. The summed E-state index contributed by atoms with van der Waals surface area (Å²) in [7, 11) is 0. The van der Waals surface area contributed by atoms with Crippen LogP contribution in [-0.4, -0.2) is 27.3 Å². The number of hydrogen-bond donors (Lipinski definition) is 2. The van der Waals surface area contributed by atoms with Gasteiger partial charge in [0.05, 0.1) is 4.92 Å². The lowest BCUT2D eigenvalue weighted by Gasteiger charge is -2.30. The summed E-state index contributed by atoms with van der Waals surface area (Å²) in [5.41, 5.74) is 7.00. The second-order valence-electron chi connectivity index (χ2n) is 6.62. The number of fused-ring (bicyclic) bond motifs is 1. The molecule has 3 aromatic rings. The quantitative estimate of drug-likeness (QED) is 0.472. The highest BCUT2D eigenvalue weighted by atomic mass is 35.5. The minimum absolute atomic E-state index is 0.102. The van der Waals surface area contributed by atoms with E-state index in [4.69, 9.17) is 11.6 Å². The Balaban J connectivity index is 1.64. The van der Waals surface area contributed by atoms with Gasteiger partial charge in [-0.15, -0.1) is 0 Å². The van der Waals surface area contributed by atoms with E-state index in [0.29, 0.717) is 17.1 Å². The average molecular weight is 425 g/mol. The van der Waals surface area contributed by atoms with E-state index in [2.05, 4.69) is 20.8 Å². The lowest BCUT2D eigenvalue weighted by molar-refractivity contribution is -0.383. The van der Waals surface area contributed by atoms with Crippen molar-refractivity contribution in [2.45, 2.75) is 12.8 Å². The molecule has 0 fully saturated rings. The highest BCUT2D eigenvalue weighted by molar-refractivity contribution is 6.30. The summed E-state index contributed by atoms with van der Waals surface area (Å²) in [6, 6.07) is 14.0. The van der Waals surface area contributed by atoms with Gasteiger partial charge in [0.2, 0.25) is 11.6 Å². The number of nitro groups is 1. The molecule has 0 saturated carbocycles. The number of para-hydroxylation sites is 1. The first-order chi connectivity index (χ1) is 14.5. The Labute approximate surface area is 176 Å². The fourth-order valence-electron chi connectivity index (χ4n) is 3.37. The molecule has 152 valence electrons. The molecule has 0 radical (unpaired) electrons. The van der Waals surface area contributed by atoms with Crippen molar-refractivity contribution in [3.05, 3.63) is 81.1 Å². The van der Waals surface area contributed by atoms with Gasteiger partial charge in [-0.05, 0) is 48.7 Å². The number of hydrazine groups is 1. The summed E-state index contributed by atoms with van der Waals surface area (Å²) in [5.74, 6) is -0.412. The molecule has 1 aromatic heterocycles. The van der Waals surface area contributed by atoms with E-state index in [1.54, 1.807) is 24.3 Å². The maximum atomic E-state index is 12.3. The number of carbonyl (C=O) groups is 1.